The van der Waals surface area contributed by atoms with Gasteiger partial charge in [-0.25, -0.2) is 14.1 Å². The Kier molecular flexibility index (Phi) is 9.75. The van der Waals surface area contributed by atoms with E-state index in [2.05, 4.69) is 5.32 Å². The van der Waals surface area contributed by atoms with E-state index in [4.69, 9.17) is 23.2 Å². The van der Waals surface area contributed by atoms with Gasteiger partial charge in [-0.1, -0.05) is 59.6 Å². The number of aromatic nitrogens is 1. The highest BCUT2D eigenvalue weighted by atomic mass is 35.5. The zero-order valence-electron chi connectivity index (χ0n) is 19.8. The van der Waals surface area contributed by atoms with Crippen LogP contribution >= 0.6 is 23.2 Å². The van der Waals surface area contributed by atoms with Crippen LogP contribution in [-0.2, 0) is 20.8 Å². The first-order chi connectivity index (χ1) is 18.1. The van der Waals surface area contributed by atoms with E-state index in [-0.39, 0.29) is 34.1 Å². The van der Waals surface area contributed by atoms with Crippen LogP contribution in [0.25, 0.3) is 0 Å². The van der Waals surface area contributed by atoms with E-state index in [1.807, 2.05) is 0 Å². The van der Waals surface area contributed by atoms with Crippen LogP contribution in [0.2, 0.25) is 10.0 Å². The predicted molar refractivity (Wildman–Crippen MR) is 140 cm³/mol. The van der Waals surface area contributed by atoms with Crippen LogP contribution in [-0.4, -0.2) is 46.1 Å². The number of Topliss-reactive ketones (excluding diaryl/α,β-unsaturated/α-hetero) is 1. The highest BCUT2D eigenvalue weighted by Crippen LogP contribution is 2.25. The zero-order valence-corrected chi connectivity index (χ0v) is 21.3. The number of amides is 2. The van der Waals surface area contributed by atoms with Crippen LogP contribution in [0, 0.1) is 0 Å². The summed E-state index contributed by atoms with van der Waals surface area (Å²) in [7, 11) is 0. The van der Waals surface area contributed by atoms with Crippen LogP contribution in [0.4, 0.5) is 10.1 Å². The van der Waals surface area contributed by atoms with Crippen molar-refractivity contribution in [3.8, 4) is 0 Å². The fourth-order valence-corrected chi connectivity index (χ4v) is 4.26. The number of pyridine rings is 1. The molecule has 0 bridgehead atoms. The van der Waals surface area contributed by atoms with Crippen molar-refractivity contribution in [2.45, 2.75) is 25.3 Å². The van der Waals surface area contributed by atoms with Crippen molar-refractivity contribution >= 4 is 52.5 Å². The van der Waals surface area contributed by atoms with Gasteiger partial charge in [0.05, 0.1) is 22.0 Å². The van der Waals surface area contributed by atoms with Gasteiger partial charge in [0.1, 0.15) is 18.4 Å². The Hall–Kier alpha value is -4.02. The Bertz CT molecular complexity index is 1390. The lowest BCUT2D eigenvalue weighted by atomic mass is 10.1. The smallest absolute Gasteiger partial charge is 0.305 e. The van der Waals surface area contributed by atoms with Crippen molar-refractivity contribution in [1.82, 2.24) is 4.68 Å². The summed E-state index contributed by atoms with van der Waals surface area (Å²) in [5, 5.41) is 12.4. The molecule has 9 nitrogen and oxygen atoms in total. The molecule has 0 radical (unpaired) electrons. The Morgan fingerprint density at radius 2 is 1.63 bits per heavy atom. The van der Waals surface area contributed by atoms with Gasteiger partial charge in [0.2, 0.25) is 5.91 Å². The number of carboxylic acid groups (broad SMARTS) is 1. The highest BCUT2D eigenvalue weighted by molar-refractivity contribution is 6.40. The summed E-state index contributed by atoms with van der Waals surface area (Å²) in [4.78, 5) is 63.5. The molecule has 0 aliphatic rings. The van der Waals surface area contributed by atoms with Crippen LogP contribution in [0.15, 0.2) is 71.7 Å². The molecule has 0 saturated carbocycles. The number of aliphatic carboxylic acids is 1. The maximum atomic E-state index is 13.4. The fraction of sp³-hybridized carbons (Fsp3) is 0.192. The van der Waals surface area contributed by atoms with Crippen molar-refractivity contribution in [1.29, 1.82) is 0 Å². The Morgan fingerprint density at radius 1 is 0.974 bits per heavy atom. The second-order valence-electron chi connectivity index (χ2n) is 8.06. The number of aryl methyl sites for hydroxylation is 1. The lowest BCUT2D eigenvalue weighted by Crippen LogP contribution is -2.56. The molecule has 1 heterocycles. The summed E-state index contributed by atoms with van der Waals surface area (Å²) in [6.07, 6.45) is 0.146. The number of carbonyl (C=O) groups is 4. The molecule has 1 atom stereocenters. The molecule has 38 heavy (non-hydrogen) atoms. The van der Waals surface area contributed by atoms with E-state index in [0.29, 0.717) is 9.69 Å². The van der Waals surface area contributed by atoms with Gasteiger partial charge < -0.3 is 10.4 Å². The average molecular weight is 562 g/mol. The first-order valence-electron chi connectivity index (χ1n) is 11.3. The zero-order chi connectivity index (χ0) is 27.8. The number of ketones is 1. The molecule has 2 N–H and O–H groups in total. The standard InChI is InChI=1S/C26H22Cl2FN3O6/c27-17-8-4-9-18(28)24(17)25(37)30-19-10-5-13-31(26(19)38)32(20(14-23(35)36)21(33)15-29)22(34)12-11-16-6-2-1-3-7-16/h1-10,13,20H,11-12,14-15H2,(H,30,37)(H,35,36)/t20-/m1/s1. The summed E-state index contributed by atoms with van der Waals surface area (Å²) in [5.41, 5.74) is -0.620. The first-order valence-corrected chi connectivity index (χ1v) is 12.0. The minimum Gasteiger partial charge on any atom is -0.481 e. The number of nitrogens with one attached hydrogen (secondary N) is 1. The maximum absolute atomic E-state index is 13.4. The van der Waals surface area contributed by atoms with Crippen molar-refractivity contribution in [2.75, 3.05) is 17.0 Å². The SMILES string of the molecule is O=C(O)C[C@H](C(=O)CF)N(C(=O)CCc1ccccc1)n1cccc(NC(=O)c2c(Cl)cccc2Cl)c1=O. The van der Waals surface area contributed by atoms with Crippen LogP contribution < -0.4 is 15.9 Å². The largest absolute Gasteiger partial charge is 0.481 e. The molecule has 0 unspecified atom stereocenters. The summed E-state index contributed by atoms with van der Waals surface area (Å²) >= 11 is 12.1. The van der Waals surface area contributed by atoms with E-state index in [9.17, 15) is 33.5 Å². The van der Waals surface area contributed by atoms with Crippen LogP contribution in [0.3, 0.4) is 0 Å². The van der Waals surface area contributed by atoms with Gasteiger partial charge >= 0.3 is 5.97 Å². The lowest BCUT2D eigenvalue weighted by molar-refractivity contribution is -0.140. The minimum atomic E-state index is -1.82. The third-order valence-electron chi connectivity index (χ3n) is 5.49. The first kappa shape index (κ1) is 28.5. The Labute approximate surface area is 226 Å². The molecule has 12 heteroatoms. The number of nitrogens with zero attached hydrogens (tertiary/aromatic N) is 2. The van der Waals surface area contributed by atoms with E-state index in [1.165, 1.54) is 30.3 Å². The topological polar surface area (TPSA) is 126 Å². The van der Waals surface area contributed by atoms with Crippen LogP contribution in [0.5, 0.6) is 0 Å². The van der Waals surface area contributed by atoms with Gasteiger partial charge in [0.15, 0.2) is 5.78 Å². The van der Waals surface area contributed by atoms with Gasteiger partial charge in [0.25, 0.3) is 11.5 Å². The summed E-state index contributed by atoms with van der Waals surface area (Å²) in [6, 6.07) is 13.9. The van der Waals surface area contributed by atoms with Gasteiger partial charge in [-0.2, -0.15) is 0 Å². The number of alkyl halides is 1. The molecule has 198 valence electrons. The summed E-state index contributed by atoms with van der Waals surface area (Å²) < 4.78 is 14.1. The van der Waals surface area contributed by atoms with E-state index in [1.54, 1.807) is 30.3 Å². The van der Waals surface area contributed by atoms with Gasteiger partial charge in [-0.3, -0.25) is 24.0 Å². The summed E-state index contributed by atoms with van der Waals surface area (Å²) in [5.74, 6) is -4.31. The van der Waals surface area contributed by atoms with Gasteiger partial charge in [-0.05, 0) is 36.2 Å². The van der Waals surface area contributed by atoms with Gasteiger partial charge in [0, 0.05) is 12.6 Å². The highest BCUT2D eigenvalue weighted by Gasteiger charge is 2.34. The van der Waals surface area contributed by atoms with E-state index in [0.717, 1.165) is 11.8 Å². The third-order valence-corrected chi connectivity index (χ3v) is 6.12. The molecule has 3 rings (SSSR count). The fourth-order valence-electron chi connectivity index (χ4n) is 3.69. The van der Waals surface area contributed by atoms with Crippen molar-refractivity contribution in [3.05, 3.63) is 98.4 Å². The number of carboxylic acids is 1. The normalized spacial score (nSPS) is 11.4. The lowest BCUT2D eigenvalue weighted by Gasteiger charge is -2.31. The number of carbonyl (C=O) groups excluding carboxylic acids is 3. The van der Waals surface area contributed by atoms with Crippen molar-refractivity contribution < 1.29 is 28.7 Å². The second kappa shape index (κ2) is 13.0. The minimum absolute atomic E-state index is 0.0269. The van der Waals surface area contributed by atoms with E-state index < -0.39 is 48.3 Å². The summed E-state index contributed by atoms with van der Waals surface area (Å²) in [6.45, 7) is -1.56. The van der Waals surface area contributed by atoms with E-state index >= 15 is 0 Å². The number of hydrogen-bond donors (Lipinski definition) is 2. The predicted octanol–water partition coefficient (Wildman–Crippen LogP) is 3.89. The molecule has 0 saturated heterocycles. The Morgan fingerprint density at radius 3 is 2.24 bits per heavy atom. The average Bonchev–Trinajstić information content (AvgIpc) is 2.89. The van der Waals surface area contributed by atoms with Crippen molar-refractivity contribution in [2.24, 2.45) is 0 Å². The molecule has 3 aromatic rings. The number of benzene rings is 2. The molecule has 1 aromatic heterocycles. The third kappa shape index (κ3) is 6.84. The molecular formula is C26H22Cl2FN3O6. The van der Waals surface area contributed by atoms with Crippen molar-refractivity contribution in [3.63, 3.8) is 0 Å². The molecular weight excluding hydrogens is 540 g/mol. The molecule has 2 amide bonds. The molecule has 0 aliphatic heterocycles. The van der Waals surface area contributed by atoms with Crippen LogP contribution in [0.1, 0.15) is 28.8 Å². The molecule has 0 aliphatic carbocycles. The molecule has 0 fully saturated rings. The quantitative estimate of drug-likeness (QED) is 0.366. The number of rotatable bonds is 11. The number of halogens is 3. The number of hydrogen-bond acceptors (Lipinski definition) is 5. The maximum Gasteiger partial charge on any atom is 0.305 e. The monoisotopic (exact) mass is 561 g/mol. The molecule has 0 spiro atoms. The molecule has 2 aromatic carbocycles. The Balaban J connectivity index is 2.02. The number of anilines is 1. The second-order valence-corrected chi connectivity index (χ2v) is 8.87. The van der Waals surface area contributed by atoms with Gasteiger partial charge in [-0.15, -0.1) is 0 Å².